The molecular formula is C17H18FNO2. The van der Waals surface area contributed by atoms with Gasteiger partial charge in [-0.1, -0.05) is 35.9 Å². The fourth-order valence-electron chi connectivity index (χ4n) is 2.09. The monoisotopic (exact) mass is 287 g/mol. The van der Waals surface area contributed by atoms with Crippen LogP contribution < -0.4 is 5.32 Å². The summed E-state index contributed by atoms with van der Waals surface area (Å²) in [5.41, 5.74) is 2.78. The Labute approximate surface area is 123 Å². The highest BCUT2D eigenvalue weighted by atomic mass is 19.1. The largest absolute Gasteiger partial charge is 0.478 e. The topological polar surface area (TPSA) is 49.3 Å². The third-order valence-electron chi connectivity index (χ3n) is 3.45. The summed E-state index contributed by atoms with van der Waals surface area (Å²) in [6.45, 7) is 4.55. The van der Waals surface area contributed by atoms with E-state index in [2.05, 4.69) is 29.6 Å². The molecule has 0 fully saturated rings. The summed E-state index contributed by atoms with van der Waals surface area (Å²) in [6, 6.07) is 12.5. The van der Waals surface area contributed by atoms with E-state index in [1.54, 1.807) is 6.07 Å². The number of hydrogen-bond acceptors (Lipinski definition) is 2. The van der Waals surface area contributed by atoms with Crippen molar-refractivity contribution in [3.05, 3.63) is 70.5 Å². The molecule has 21 heavy (non-hydrogen) atoms. The number of aromatic carboxylic acids is 1. The average Bonchev–Trinajstić information content (AvgIpc) is 2.45. The predicted molar refractivity (Wildman–Crippen MR) is 79.8 cm³/mol. The smallest absolute Gasteiger partial charge is 0.338 e. The lowest BCUT2D eigenvalue weighted by atomic mass is 10.1. The zero-order valence-corrected chi connectivity index (χ0v) is 12.1. The van der Waals surface area contributed by atoms with Crippen molar-refractivity contribution in [2.75, 3.05) is 0 Å². The van der Waals surface area contributed by atoms with Crippen molar-refractivity contribution in [3.8, 4) is 0 Å². The lowest BCUT2D eigenvalue weighted by molar-refractivity contribution is 0.0692. The van der Waals surface area contributed by atoms with Crippen molar-refractivity contribution in [3.63, 3.8) is 0 Å². The first kappa shape index (κ1) is 15.2. The van der Waals surface area contributed by atoms with Gasteiger partial charge in [0.1, 0.15) is 5.82 Å². The van der Waals surface area contributed by atoms with Crippen molar-refractivity contribution >= 4 is 5.97 Å². The number of aryl methyl sites for hydroxylation is 1. The average molecular weight is 287 g/mol. The maximum absolute atomic E-state index is 13.6. The molecule has 2 N–H and O–H groups in total. The van der Waals surface area contributed by atoms with Crippen molar-refractivity contribution in [1.82, 2.24) is 5.32 Å². The molecule has 0 radical (unpaired) electrons. The number of halogens is 1. The first-order valence-corrected chi connectivity index (χ1v) is 6.79. The number of nitrogens with one attached hydrogen (secondary N) is 1. The Morgan fingerprint density at radius 1 is 1.24 bits per heavy atom. The predicted octanol–water partition coefficient (Wildman–Crippen LogP) is 3.68. The summed E-state index contributed by atoms with van der Waals surface area (Å²) in [7, 11) is 0. The van der Waals surface area contributed by atoms with Gasteiger partial charge in [-0.2, -0.15) is 0 Å². The van der Waals surface area contributed by atoms with E-state index < -0.39 is 11.8 Å². The minimum absolute atomic E-state index is 0.132. The summed E-state index contributed by atoms with van der Waals surface area (Å²) >= 11 is 0. The number of carboxylic acids is 1. The van der Waals surface area contributed by atoms with E-state index in [-0.39, 0.29) is 11.6 Å². The van der Waals surface area contributed by atoms with Crippen LogP contribution in [0.15, 0.2) is 42.5 Å². The molecule has 1 unspecified atom stereocenters. The molecule has 0 amide bonds. The van der Waals surface area contributed by atoms with Crippen molar-refractivity contribution in [2.24, 2.45) is 0 Å². The Hall–Kier alpha value is -2.20. The van der Waals surface area contributed by atoms with Crippen LogP contribution in [-0.2, 0) is 6.54 Å². The van der Waals surface area contributed by atoms with Crippen LogP contribution in [0.2, 0.25) is 0 Å². The molecule has 0 aliphatic rings. The highest BCUT2D eigenvalue weighted by Crippen LogP contribution is 2.15. The van der Waals surface area contributed by atoms with Crippen molar-refractivity contribution in [1.29, 1.82) is 0 Å². The first-order valence-electron chi connectivity index (χ1n) is 6.79. The highest BCUT2D eigenvalue weighted by Gasteiger charge is 2.11. The summed E-state index contributed by atoms with van der Waals surface area (Å²) in [6.07, 6.45) is 0. The SMILES string of the molecule is Cc1ccc(C(C)NCc2ccc(C(=O)O)c(F)c2)cc1. The van der Waals surface area contributed by atoms with Gasteiger partial charge in [-0.3, -0.25) is 0 Å². The Morgan fingerprint density at radius 3 is 2.48 bits per heavy atom. The summed E-state index contributed by atoms with van der Waals surface area (Å²) in [5.74, 6) is -1.95. The molecule has 0 spiro atoms. The Bertz CT molecular complexity index is 638. The third-order valence-corrected chi connectivity index (χ3v) is 3.45. The molecule has 3 nitrogen and oxygen atoms in total. The number of carbonyl (C=O) groups is 1. The van der Waals surface area contributed by atoms with Crippen molar-refractivity contribution in [2.45, 2.75) is 26.4 Å². The molecule has 0 heterocycles. The molecule has 0 saturated heterocycles. The molecule has 0 aliphatic heterocycles. The minimum Gasteiger partial charge on any atom is -0.478 e. The number of benzene rings is 2. The third kappa shape index (κ3) is 3.89. The van der Waals surface area contributed by atoms with E-state index in [1.165, 1.54) is 17.7 Å². The van der Waals surface area contributed by atoms with E-state index in [4.69, 9.17) is 5.11 Å². The molecule has 0 aromatic heterocycles. The van der Waals surface area contributed by atoms with Crippen LogP contribution in [0.25, 0.3) is 0 Å². The molecule has 2 aromatic carbocycles. The Kier molecular flexibility index (Phi) is 4.70. The van der Waals surface area contributed by atoms with Crippen LogP contribution in [-0.4, -0.2) is 11.1 Å². The lowest BCUT2D eigenvalue weighted by Crippen LogP contribution is -2.18. The van der Waals surface area contributed by atoms with Gasteiger partial charge in [0.25, 0.3) is 0 Å². The zero-order chi connectivity index (χ0) is 15.4. The molecule has 0 saturated carbocycles. The second kappa shape index (κ2) is 6.50. The molecule has 4 heteroatoms. The summed E-state index contributed by atoms with van der Waals surface area (Å²) in [4.78, 5) is 10.8. The van der Waals surface area contributed by atoms with Gasteiger partial charge in [0.05, 0.1) is 5.56 Å². The quantitative estimate of drug-likeness (QED) is 0.882. The van der Waals surface area contributed by atoms with E-state index in [9.17, 15) is 9.18 Å². The number of carboxylic acid groups (broad SMARTS) is 1. The lowest BCUT2D eigenvalue weighted by Gasteiger charge is -2.15. The van der Waals surface area contributed by atoms with E-state index in [1.807, 2.05) is 13.8 Å². The van der Waals surface area contributed by atoms with Gasteiger partial charge in [-0.05, 0) is 37.1 Å². The maximum Gasteiger partial charge on any atom is 0.338 e. The highest BCUT2D eigenvalue weighted by molar-refractivity contribution is 5.87. The maximum atomic E-state index is 13.6. The summed E-state index contributed by atoms with van der Waals surface area (Å²) < 4.78 is 13.6. The zero-order valence-electron chi connectivity index (χ0n) is 12.1. The normalized spacial score (nSPS) is 12.1. The van der Waals surface area contributed by atoms with Gasteiger partial charge in [-0.15, -0.1) is 0 Å². The second-order valence-electron chi connectivity index (χ2n) is 5.13. The fraction of sp³-hybridized carbons (Fsp3) is 0.235. The van der Waals surface area contributed by atoms with Gasteiger partial charge in [-0.25, -0.2) is 9.18 Å². The summed E-state index contributed by atoms with van der Waals surface area (Å²) in [5, 5.41) is 12.1. The molecule has 110 valence electrons. The molecule has 0 bridgehead atoms. The minimum atomic E-state index is -1.25. The fourth-order valence-corrected chi connectivity index (χ4v) is 2.09. The van der Waals surface area contributed by atoms with Crippen LogP contribution in [0.1, 0.15) is 40.0 Å². The molecule has 2 aromatic rings. The standard InChI is InChI=1S/C17H18FNO2/c1-11-3-6-14(7-4-11)12(2)19-10-13-5-8-15(17(20)21)16(18)9-13/h3-9,12,19H,10H2,1-2H3,(H,20,21). The first-order chi connectivity index (χ1) is 9.97. The second-order valence-corrected chi connectivity index (χ2v) is 5.13. The van der Waals surface area contributed by atoms with Gasteiger partial charge in [0, 0.05) is 12.6 Å². The van der Waals surface area contributed by atoms with Crippen LogP contribution in [0.4, 0.5) is 4.39 Å². The number of hydrogen-bond donors (Lipinski definition) is 2. The Balaban J connectivity index is 2.01. The Morgan fingerprint density at radius 2 is 1.90 bits per heavy atom. The molecule has 1 atom stereocenters. The molecular weight excluding hydrogens is 269 g/mol. The van der Waals surface area contributed by atoms with Gasteiger partial charge in [0.15, 0.2) is 0 Å². The molecule has 2 rings (SSSR count). The van der Waals surface area contributed by atoms with Gasteiger partial charge >= 0.3 is 5.97 Å². The van der Waals surface area contributed by atoms with E-state index in [0.717, 1.165) is 11.1 Å². The van der Waals surface area contributed by atoms with Gasteiger partial charge in [0.2, 0.25) is 0 Å². The van der Waals surface area contributed by atoms with Crippen LogP contribution in [0, 0.1) is 12.7 Å². The van der Waals surface area contributed by atoms with Crippen molar-refractivity contribution < 1.29 is 14.3 Å². The van der Waals surface area contributed by atoms with Gasteiger partial charge < -0.3 is 10.4 Å². The number of rotatable bonds is 5. The van der Waals surface area contributed by atoms with E-state index in [0.29, 0.717) is 6.54 Å². The van der Waals surface area contributed by atoms with Crippen LogP contribution >= 0.6 is 0 Å². The van der Waals surface area contributed by atoms with E-state index >= 15 is 0 Å². The molecule has 0 aliphatic carbocycles. The van der Waals surface area contributed by atoms with Crippen LogP contribution in [0.5, 0.6) is 0 Å². The van der Waals surface area contributed by atoms with Crippen LogP contribution in [0.3, 0.4) is 0 Å².